The van der Waals surface area contributed by atoms with Crippen molar-refractivity contribution >= 4 is 38.9 Å². The number of aromatic nitrogens is 3. The number of hydrogen-bond donors (Lipinski definition) is 3. The number of nitrogens with zero attached hydrogens (tertiary/aromatic N) is 4. The molecule has 1 aliphatic rings. The second-order valence-corrected chi connectivity index (χ2v) is 8.70. The van der Waals surface area contributed by atoms with Crippen molar-refractivity contribution < 1.29 is 13.8 Å². The Kier molecular flexibility index (Phi) is 5.54. The minimum absolute atomic E-state index is 0.00449. The number of anilines is 3. The van der Waals surface area contributed by atoms with E-state index >= 15 is 0 Å². The van der Waals surface area contributed by atoms with Crippen LogP contribution in [0.5, 0.6) is 0 Å². The van der Waals surface area contributed by atoms with Gasteiger partial charge in [0.15, 0.2) is 11.5 Å². The minimum atomic E-state index is -2.68. The van der Waals surface area contributed by atoms with E-state index in [-0.39, 0.29) is 34.8 Å². The van der Waals surface area contributed by atoms with Crippen molar-refractivity contribution in [2.24, 2.45) is 10.3 Å². The summed E-state index contributed by atoms with van der Waals surface area (Å²) in [5.41, 5.74) is 0.284. The molecule has 1 atom stereocenters. The largest absolute Gasteiger partial charge is 0.354 e. The van der Waals surface area contributed by atoms with Crippen LogP contribution in [0.3, 0.4) is 0 Å². The SMILES string of the molecule is CN=S(C)(=O)c1cccnc1Nc1cc(NC(=O)C2CC2)nnc1C(=O)NC. The van der Waals surface area contributed by atoms with E-state index in [2.05, 4.69) is 35.5 Å². The lowest BCUT2D eigenvalue weighted by Gasteiger charge is -2.14. The van der Waals surface area contributed by atoms with Gasteiger partial charge in [-0.15, -0.1) is 10.2 Å². The Morgan fingerprint density at radius 2 is 2.04 bits per heavy atom. The summed E-state index contributed by atoms with van der Waals surface area (Å²) >= 11 is 0. The molecule has 0 aromatic carbocycles. The molecular formula is C17H21N7O3S. The average Bonchev–Trinajstić information content (AvgIpc) is 3.53. The molecule has 2 aromatic rings. The molecule has 1 aliphatic carbocycles. The maximum absolute atomic E-state index is 12.7. The van der Waals surface area contributed by atoms with Crippen molar-refractivity contribution in [2.75, 3.05) is 31.0 Å². The third-order valence-electron chi connectivity index (χ3n) is 4.22. The van der Waals surface area contributed by atoms with Crippen LogP contribution in [0.25, 0.3) is 0 Å². The number of carbonyl (C=O) groups is 2. The van der Waals surface area contributed by atoms with Gasteiger partial charge >= 0.3 is 0 Å². The summed E-state index contributed by atoms with van der Waals surface area (Å²) in [5.74, 6) is -0.117. The fourth-order valence-electron chi connectivity index (χ4n) is 2.42. The summed E-state index contributed by atoms with van der Waals surface area (Å²) in [6.45, 7) is 0. The maximum atomic E-state index is 12.7. The van der Waals surface area contributed by atoms with Crippen molar-refractivity contribution in [1.82, 2.24) is 20.5 Å². The minimum Gasteiger partial charge on any atom is -0.354 e. The first-order valence-corrected chi connectivity index (χ1v) is 10.5. The summed E-state index contributed by atoms with van der Waals surface area (Å²) in [6.07, 6.45) is 4.73. The van der Waals surface area contributed by atoms with Crippen LogP contribution in [-0.2, 0) is 14.5 Å². The second-order valence-electron chi connectivity index (χ2n) is 6.29. The first-order chi connectivity index (χ1) is 13.4. The van der Waals surface area contributed by atoms with E-state index in [4.69, 9.17) is 0 Å². The first kappa shape index (κ1) is 19.7. The van der Waals surface area contributed by atoms with Gasteiger partial charge < -0.3 is 16.0 Å². The van der Waals surface area contributed by atoms with Crippen LogP contribution in [0.4, 0.5) is 17.3 Å². The van der Waals surface area contributed by atoms with E-state index in [0.717, 1.165) is 12.8 Å². The van der Waals surface area contributed by atoms with E-state index in [1.807, 2.05) is 0 Å². The van der Waals surface area contributed by atoms with Crippen LogP contribution >= 0.6 is 0 Å². The molecule has 1 unspecified atom stereocenters. The molecule has 1 fully saturated rings. The van der Waals surface area contributed by atoms with Crippen molar-refractivity contribution in [1.29, 1.82) is 0 Å². The van der Waals surface area contributed by atoms with Gasteiger partial charge in [0.05, 0.1) is 20.3 Å². The summed E-state index contributed by atoms with van der Waals surface area (Å²) < 4.78 is 16.7. The van der Waals surface area contributed by atoms with Crippen LogP contribution in [0.15, 0.2) is 33.7 Å². The number of carbonyl (C=O) groups excluding carboxylic acids is 2. The van der Waals surface area contributed by atoms with Gasteiger partial charge in [-0.1, -0.05) is 0 Å². The molecule has 0 saturated heterocycles. The Morgan fingerprint density at radius 3 is 2.68 bits per heavy atom. The van der Waals surface area contributed by atoms with Gasteiger partial charge in [-0.2, -0.15) is 0 Å². The number of rotatable bonds is 6. The molecule has 2 heterocycles. The van der Waals surface area contributed by atoms with Crippen LogP contribution in [-0.4, -0.2) is 51.6 Å². The molecule has 10 nitrogen and oxygen atoms in total. The molecule has 11 heteroatoms. The normalized spacial score (nSPS) is 15.2. The Labute approximate surface area is 162 Å². The molecule has 0 bridgehead atoms. The molecule has 0 aliphatic heterocycles. The zero-order valence-electron chi connectivity index (χ0n) is 15.7. The topological polar surface area (TPSA) is 138 Å². The molecule has 3 rings (SSSR count). The highest BCUT2D eigenvalue weighted by atomic mass is 32.2. The second kappa shape index (κ2) is 7.89. The molecule has 3 N–H and O–H groups in total. The predicted octanol–water partition coefficient (Wildman–Crippen LogP) is 1.41. The highest BCUT2D eigenvalue weighted by Crippen LogP contribution is 2.31. The van der Waals surface area contributed by atoms with Gasteiger partial charge in [-0.25, -0.2) is 13.6 Å². The van der Waals surface area contributed by atoms with Crippen LogP contribution in [0.2, 0.25) is 0 Å². The number of amides is 2. The lowest BCUT2D eigenvalue weighted by atomic mass is 10.2. The predicted molar refractivity (Wildman–Crippen MR) is 105 cm³/mol. The summed E-state index contributed by atoms with van der Waals surface area (Å²) in [7, 11) is 0.261. The Hall–Kier alpha value is -3.08. The molecule has 0 spiro atoms. The highest BCUT2D eigenvalue weighted by molar-refractivity contribution is 7.93. The summed E-state index contributed by atoms with van der Waals surface area (Å²) in [6, 6.07) is 4.80. The molecule has 2 amide bonds. The summed E-state index contributed by atoms with van der Waals surface area (Å²) in [5, 5.41) is 16.0. The van der Waals surface area contributed by atoms with E-state index < -0.39 is 15.6 Å². The average molecular weight is 403 g/mol. The summed E-state index contributed by atoms with van der Waals surface area (Å²) in [4.78, 5) is 28.8. The van der Waals surface area contributed by atoms with Crippen LogP contribution < -0.4 is 16.0 Å². The van der Waals surface area contributed by atoms with Gasteiger partial charge in [0, 0.05) is 38.5 Å². The van der Waals surface area contributed by atoms with Gasteiger partial charge in [0.2, 0.25) is 5.91 Å². The maximum Gasteiger partial charge on any atom is 0.273 e. The van der Waals surface area contributed by atoms with Crippen LogP contribution in [0.1, 0.15) is 23.3 Å². The Balaban J connectivity index is 2.01. The van der Waals surface area contributed by atoms with Gasteiger partial charge in [0.1, 0.15) is 5.82 Å². The molecule has 28 heavy (non-hydrogen) atoms. The number of nitrogens with one attached hydrogen (secondary N) is 3. The van der Waals surface area contributed by atoms with Gasteiger partial charge in [0.25, 0.3) is 5.91 Å². The Morgan fingerprint density at radius 1 is 1.29 bits per heavy atom. The quantitative estimate of drug-likeness (QED) is 0.663. The van der Waals surface area contributed by atoms with E-state index in [9.17, 15) is 13.8 Å². The standard InChI is InChI=1S/C17H21N7O3S/c1-18-17(26)14-11(9-13(23-24-14)22-16(25)10-6-7-10)21-15-12(5-4-8-20-15)28(3,27)19-2/h4-5,8-10H,6-7H2,1-3H3,(H,18,26)(H2,20,21,22,23,25). The first-order valence-electron chi connectivity index (χ1n) is 8.58. The van der Waals surface area contributed by atoms with Gasteiger partial charge in [-0.3, -0.25) is 9.59 Å². The monoisotopic (exact) mass is 403 g/mol. The van der Waals surface area contributed by atoms with Crippen molar-refractivity contribution in [3.8, 4) is 0 Å². The van der Waals surface area contributed by atoms with E-state index in [1.54, 1.807) is 12.1 Å². The molecule has 2 aromatic heterocycles. The smallest absolute Gasteiger partial charge is 0.273 e. The van der Waals surface area contributed by atoms with E-state index in [1.165, 1.54) is 32.6 Å². The van der Waals surface area contributed by atoms with Crippen molar-refractivity contribution in [2.45, 2.75) is 17.7 Å². The van der Waals surface area contributed by atoms with Gasteiger partial charge in [-0.05, 0) is 25.0 Å². The molecular weight excluding hydrogens is 382 g/mol. The third kappa shape index (κ3) is 4.25. The van der Waals surface area contributed by atoms with Crippen molar-refractivity contribution in [3.63, 3.8) is 0 Å². The zero-order valence-corrected chi connectivity index (χ0v) is 16.5. The fourth-order valence-corrected chi connectivity index (χ4v) is 3.41. The molecule has 148 valence electrons. The molecule has 1 saturated carbocycles. The zero-order chi connectivity index (χ0) is 20.3. The lowest BCUT2D eigenvalue weighted by molar-refractivity contribution is -0.117. The Bertz CT molecular complexity index is 1040. The molecule has 0 radical (unpaired) electrons. The van der Waals surface area contributed by atoms with Crippen LogP contribution in [0, 0.1) is 5.92 Å². The highest BCUT2D eigenvalue weighted by Gasteiger charge is 2.30. The fraction of sp³-hybridized carbons (Fsp3) is 0.353. The van der Waals surface area contributed by atoms with Crippen molar-refractivity contribution in [3.05, 3.63) is 30.1 Å². The number of pyridine rings is 1. The van der Waals surface area contributed by atoms with E-state index in [0.29, 0.717) is 4.90 Å². The lowest BCUT2D eigenvalue weighted by Crippen LogP contribution is -2.22. The third-order valence-corrected chi connectivity index (χ3v) is 6.06. The number of hydrogen-bond acceptors (Lipinski definition) is 8.